The molecule has 7 aromatic carbocycles. The van der Waals surface area contributed by atoms with Crippen LogP contribution in [0.25, 0.3) is 88.2 Å². The lowest BCUT2D eigenvalue weighted by atomic mass is 9.90. The summed E-state index contributed by atoms with van der Waals surface area (Å²) >= 11 is 0. The molecular weight excluding hydrogens is 524 g/mol. The number of benzene rings is 7. The molecular formula is C40H24N2O. The SMILES string of the molecule is c1ccc(-c2nc3c(ccc4ccccc43)nc2-c2ccccc2-c2cccc3ccc4oc5ccccc5c4c23)cc1. The highest BCUT2D eigenvalue weighted by Gasteiger charge is 2.20. The maximum absolute atomic E-state index is 6.30. The summed E-state index contributed by atoms with van der Waals surface area (Å²) in [5.74, 6) is 0. The minimum absolute atomic E-state index is 0.866. The minimum atomic E-state index is 0.866. The molecule has 0 fully saturated rings. The predicted molar refractivity (Wildman–Crippen MR) is 178 cm³/mol. The van der Waals surface area contributed by atoms with Crippen LogP contribution in [0.1, 0.15) is 0 Å². The fourth-order valence-electron chi connectivity index (χ4n) is 6.52. The molecule has 9 aromatic rings. The monoisotopic (exact) mass is 548 g/mol. The van der Waals surface area contributed by atoms with Gasteiger partial charge in [-0.2, -0.15) is 0 Å². The van der Waals surface area contributed by atoms with Crippen molar-refractivity contribution in [1.82, 2.24) is 9.97 Å². The highest BCUT2D eigenvalue weighted by molar-refractivity contribution is 6.23. The molecule has 0 amide bonds. The second-order valence-electron chi connectivity index (χ2n) is 10.9. The van der Waals surface area contributed by atoms with E-state index in [1.54, 1.807) is 0 Å². The average molecular weight is 549 g/mol. The maximum atomic E-state index is 6.30. The molecule has 0 aliphatic heterocycles. The molecule has 0 N–H and O–H groups in total. The lowest BCUT2D eigenvalue weighted by molar-refractivity contribution is 0.669. The van der Waals surface area contributed by atoms with Gasteiger partial charge < -0.3 is 4.42 Å². The Morgan fingerprint density at radius 2 is 1.09 bits per heavy atom. The van der Waals surface area contributed by atoms with Crippen LogP contribution < -0.4 is 0 Å². The molecule has 3 heteroatoms. The number of hydrogen-bond donors (Lipinski definition) is 0. The van der Waals surface area contributed by atoms with Crippen LogP contribution in [0.3, 0.4) is 0 Å². The van der Waals surface area contributed by atoms with Crippen molar-refractivity contribution in [2.75, 3.05) is 0 Å². The van der Waals surface area contributed by atoms with Crippen LogP contribution in [0.2, 0.25) is 0 Å². The van der Waals surface area contributed by atoms with Gasteiger partial charge in [0.2, 0.25) is 0 Å². The fraction of sp³-hybridized carbons (Fsp3) is 0. The average Bonchev–Trinajstić information content (AvgIpc) is 3.47. The van der Waals surface area contributed by atoms with E-state index in [1.807, 2.05) is 18.2 Å². The van der Waals surface area contributed by atoms with Gasteiger partial charge in [-0.15, -0.1) is 0 Å². The molecule has 0 saturated heterocycles. The molecule has 9 rings (SSSR count). The molecule has 43 heavy (non-hydrogen) atoms. The van der Waals surface area contributed by atoms with Crippen molar-refractivity contribution < 1.29 is 4.42 Å². The van der Waals surface area contributed by atoms with Gasteiger partial charge in [-0.1, -0.05) is 127 Å². The number of nitrogens with zero attached hydrogens (tertiary/aromatic N) is 2. The van der Waals surface area contributed by atoms with E-state index in [0.717, 1.165) is 77.4 Å². The van der Waals surface area contributed by atoms with Gasteiger partial charge in [0.25, 0.3) is 0 Å². The number of para-hydroxylation sites is 1. The molecule has 0 bridgehead atoms. The van der Waals surface area contributed by atoms with Crippen molar-refractivity contribution in [3.8, 4) is 33.6 Å². The fourth-order valence-corrected chi connectivity index (χ4v) is 6.52. The van der Waals surface area contributed by atoms with E-state index >= 15 is 0 Å². The van der Waals surface area contributed by atoms with E-state index in [9.17, 15) is 0 Å². The third-order valence-electron chi connectivity index (χ3n) is 8.46. The summed E-state index contributed by atoms with van der Waals surface area (Å²) in [6.45, 7) is 0. The summed E-state index contributed by atoms with van der Waals surface area (Å²) in [7, 11) is 0. The van der Waals surface area contributed by atoms with Crippen molar-refractivity contribution in [3.63, 3.8) is 0 Å². The van der Waals surface area contributed by atoms with E-state index in [-0.39, 0.29) is 0 Å². The Balaban J connectivity index is 1.39. The molecule has 200 valence electrons. The maximum Gasteiger partial charge on any atom is 0.136 e. The summed E-state index contributed by atoms with van der Waals surface area (Å²) in [6, 6.07) is 50.6. The van der Waals surface area contributed by atoms with Crippen molar-refractivity contribution in [3.05, 3.63) is 146 Å². The number of fused-ring (bicyclic) bond motifs is 8. The molecule has 0 saturated carbocycles. The second kappa shape index (κ2) is 9.37. The van der Waals surface area contributed by atoms with Gasteiger partial charge >= 0.3 is 0 Å². The number of furan rings is 1. The van der Waals surface area contributed by atoms with Crippen LogP contribution in [0.15, 0.2) is 150 Å². The van der Waals surface area contributed by atoms with Crippen molar-refractivity contribution in [2.45, 2.75) is 0 Å². The Morgan fingerprint density at radius 1 is 0.395 bits per heavy atom. The van der Waals surface area contributed by atoms with Crippen LogP contribution in [0.5, 0.6) is 0 Å². The van der Waals surface area contributed by atoms with E-state index in [1.165, 1.54) is 10.8 Å². The topological polar surface area (TPSA) is 38.9 Å². The molecule has 0 radical (unpaired) electrons. The Bertz CT molecular complexity index is 2510. The number of hydrogen-bond acceptors (Lipinski definition) is 3. The Morgan fingerprint density at radius 3 is 2.00 bits per heavy atom. The van der Waals surface area contributed by atoms with Gasteiger partial charge in [0.15, 0.2) is 0 Å². The van der Waals surface area contributed by atoms with Gasteiger partial charge in [-0.3, -0.25) is 0 Å². The first-order valence-corrected chi connectivity index (χ1v) is 14.5. The zero-order valence-electron chi connectivity index (χ0n) is 23.2. The molecule has 0 spiro atoms. The highest BCUT2D eigenvalue weighted by Crippen LogP contribution is 2.43. The summed E-state index contributed by atoms with van der Waals surface area (Å²) in [4.78, 5) is 10.7. The minimum Gasteiger partial charge on any atom is -0.456 e. The van der Waals surface area contributed by atoms with Crippen LogP contribution in [0, 0.1) is 0 Å². The first-order valence-electron chi connectivity index (χ1n) is 14.5. The first-order chi connectivity index (χ1) is 21.3. The predicted octanol–water partition coefficient (Wildman–Crippen LogP) is 10.8. The molecule has 2 aromatic heterocycles. The van der Waals surface area contributed by atoms with Gasteiger partial charge in [-0.25, -0.2) is 9.97 Å². The molecule has 3 nitrogen and oxygen atoms in total. The Kier molecular flexibility index (Phi) is 5.20. The highest BCUT2D eigenvalue weighted by atomic mass is 16.3. The van der Waals surface area contributed by atoms with E-state index < -0.39 is 0 Å². The lowest BCUT2D eigenvalue weighted by Gasteiger charge is -2.16. The summed E-state index contributed by atoms with van der Waals surface area (Å²) < 4.78 is 6.30. The van der Waals surface area contributed by atoms with E-state index in [4.69, 9.17) is 14.4 Å². The van der Waals surface area contributed by atoms with Crippen molar-refractivity contribution in [2.24, 2.45) is 0 Å². The molecule has 0 aliphatic carbocycles. The van der Waals surface area contributed by atoms with E-state index in [0.29, 0.717) is 0 Å². The molecule has 2 heterocycles. The summed E-state index contributed by atoms with van der Waals surface area (Å²) in [5, 5.41) is 6.87. The van der Waals surface area contributed by atoms with Crippen LogP contribution in [0.4, 0.5) is 0 Å². The summed E-state index contributed by atoms with van der Waals surface area (Å²) in [6.07, 6.45) is 0. The van der Waals surface area contributed by atoms with Crippen LogP contribution in [-0.4, -0.2) is 9.97 Å². The first kappa shape index (κ1) is 23.9. The van der Waals surface area contributed by atoms with Gasteiger partial charge in [0.1, 0.15) is 11.2 Å². The third-order valence-corrected chi connectivity index (χ3v) is 8.46. The van der Waals surface area contributed by atoms with Crippen molar-refractivity contribution in [1.29, 1.82) is 0 Å². The molecule has 0 atom stereocenters. The van der Waals surface area contributed by atoms with E-state index in [2.05, 4.69) is 127 Å². The number of rotatable bonds is 3. The molecule has 0 aliphatic rings. The zero-order valence-corrected chi connectivity index (χ0v) is 23.2. The lowest BCUT2D eigenvalue weighted by Crippen LogP contribution is -1.98. The van der Waals surface area contributed by atoms with Gasteiger partial charge in [-0.05, 0) is 40.1 Å². The van der Waals surface area contributed by atoms with Gasteiger partial charge in [0, 0.05) is 32.7 Å². The Hall–Kier alpha value is -5.80. The third kappa shape index (κ3) is 3.68. The zero-order chi connectivity index (χ0) is 28.3. The standard InChI is InChI=1S/C40H24N2O/c1-2-12-27(13-3-1)38-40(41-33-23-21-25-11-4-5-15-28(25)39(33)42-38)31-17-7-6-16-29(31)30-19-10-14-26-22-24-35-37(36(26)30)32-18-8-9-20-34(32)43-35/h1-24H. The summed E-state index contributed by atoms with van der Waals surface area (Å²) in [5.41, 5.74) is 9.65. The van der Waals surface area contributed by atoms with Crippen LogP contribution >= 0.6 is 0 Å². The largest absolute Gasteiger partial charge is 0.456 e. The number of aromatic nitrogens is 2. The Labute approximate surface area is 247 Å². The molecule has 0 unspecified atom stereocenters. The van der Waals surface area contributed by atoms with Crippen LogP contribution in [-0.2, 0) is 0 Å². The normalized spacial score (nSPS) is 11.7. The van der Waals surface area contributed by atoms with Gasteiger partial charge in [0.05, 0.1) is 22.4 Å². The quantitative estimate of drug-likeness (QED) is 0.206. The smallest absolute Gasteiger partial charge is 0.136 e. The second-order valence-corrected chi connectivity index (χ2v) is 10.9. The van der Waals surface area contributed by atoms with Crippen molar-refractivity contribution >= 4 is 54.5 Å².